The molecule has 2 rings (SSSR count). The second kappa shape index (κ2) is 6.02. The van der Waals surface area contributed by atoms with Gasteiger partial charge in [0.25, 0.3) is 5.91 Å². The summed E-state index contributed by atoms with van der Waals surface area (Å²) in [6.45, 7) is 3.99. The number of phenolic OH excluding ortho intramolecular Hbond substituents is 1. The van der Waals surface area contributed by atoms with E-state index in [1.807, 2.05) is 32.0 Å². The molecule has 0 radical (unpaired) electrons. The van der Waals surface area contributed by atoms with Crippen LogP contribution in [0.25, 0.3) is 0 Å². The van der Waals surface area contributed by atoms with Gasteiger partial charge in [0.1, 0.15) is 5.75 Å². The summed E-state index contributed by atoms with van der Waals surface area (Å²) in [5.74, 6) is -0.187. The molecule has 0 aliphatic rings. The van der Waals surface area contributed by atoms with Gasteiger partial charge in [-0.2, -0.15) is 5.10 Å². The largest absolute Gasteiger partial charge is 0.508 e. The molecule has 0 unspecified atom stereocenters. The average molecular weight is 268 g/mol. The van der Waals surface area contributed by atoms with Crippen LogP contribution in [0.15, 0.2) is 47.6 Å². The molecule has 2 N–H and O–H groups in total. The van der Waals surface area contributed by atoms with E-state index in [0.717, 1.165) is 16.7 Å². The van der Waals surface area contributed by atoms with E-state index in [9.17, 15) is 4.79 Å². The van der Waals surface area contributed by atoms with Crippen molar-refractivity contribution in [3.63, 3.8) is 0 Å². The number of hydrogen-bond acceptors (Lipinski definition) is 3. The Morgan fingerprint density at radius 2 is 1.70 bits per heavy atom. The predicted octanol–water partition coefficient (Wildman–Crippen LogP) is 2.77. The van der Waals surface area contributed by atoms with Gasteiger partial charge in [0.15, 0.2) is 0 Å². The molecule has 102 valence electrons. The fourth-order valence-corrected chi connectivity index (χ4v) is 1.86. The first-order valence-electron chi connectivity index (χ1n) is 6.26. The lowest BCUT2D eigenvalue weighted by molar-refractivity contribution is 0.0955. The molecule has 0 saturated carbocycles. The number of carbonyl (C=O) groups excluding carboxylic acids is 1. The van der Waals surface area contributed by atoms with E-state index in [2.05, 4.69) is 10.5 Å². The number of hydrazone groups is 1. The molecule has 0 bridgehead atoms. The highest BCUT2D eigenvalue weighted by molar-refractivity contribution is 5.95. The Bertz CT molecular complexity index is 626. The van der Waals surface area contributed by atoms with Gasteiger partial charge in [0, 0.05) is 11.1 Å². The molecule has 0 aromatic heterocycles. The number of rotatable bonds is 3. The maximum absolute atomic E-state index is 11.8. The van der Waals surface area contributed by atoms with Crippen LogP contribution >= 0.6 is 0 Å². The molecule has 2 aromatic carbocycles. The lowest BCUT2D eigenvalue weighted by Crippen LogP contribution is -2.17. The van der Waals surface area contributed by atoms with Gasteiger partial charge < -0.3 is 5.11 Å². The van der Waals surface area contributed by atoms with Crippen LogP contribution in [0, 0.1) is 13.8 Å². The fraction of sp³-hybridized carbons (Fsp3) is 0.125. The second-order valence-corrected chi connectivity index (χ2v) is 4.55. The molecule has 20 heavy (non-hydrogen) atoms. The van der Waals surface area contributed by atoms with E-state index >= 15 is 0 Å². The summed E-state index contributed by atoms with van der Waals surface area (Å²) in [6, 6.07) is 12.0. The standard InChI is InChI=1S/C16H16N2O2/c1-11-4-3-5-12(2)15(11)10-17-18-16(20)13-6-8-14(19)9-7-13/h3-10,19H,1-2H3,(H,18,20)/b17-10-. The first-order chi connectivity index (χ1) is 9.58. The molecule has 0 spiro atoms. The monoisotopic (exact) mass is 268 g/mol. The number of phenols is 1. The van der Waals surface area contributed by atoms with Gasteiger partial charge in [-0.3, -0.25) is 4.79 Å². The van der Waals surface area contributed by atoms with Crippen molar-refractivity contribution in [1.82, 2.24) is 5.43 Å². The molecular weight excluding hydrogens is 252 g/mol. The minimum Gasteiger partial charge on any atom is -0.508 e. The lowest BCUT2D eigenvalue weighted by Gasteiger charge is -2.04. The molecule has 0 aliphatic heterocycles. The summed E-state index contributed by atoms with van der Waals surface area (Å²) >= 11 is 0. The summed E-state index contributed by atoms with van der Waals surface area (Å²) in [4.78, 5) is 11.8. The number of benzene rings is 2. The fourth-order valence-electron chi connectivity index (χ4n) is 1.86. The van der Waals surface area contributed by atoms with E-state index in [1.54, 1.807) is 18.3 Å². The molecule has 0 saturated heterocycles. The smallest absolute Gasteiger partial charge is 0.271 e. The van der Waals surface area contributed by atoms with Crippen LogP contribution in [0.3, 0.4) is 0 Å². The van der Waals surface area contributed by atoms with Gasteiger partial charge in [0.2, 0.25) is 0 Å². The first kappa shape index (κ1) is 13.8. The number of aromatic hydroxyl groups is 1. The topological polar surface area (TPSA) is 61.7 Å². The summed E-state index contributed by atoms with van der Waals surface area (Å²) in [5.41, 5.74) is 6.12. The summed E-state index contributed by atoms with van der Waals surface area (Å²) in [6.07, 6.45) is 1.64. The van der Waals surface area contributed by atoms with Gasteiger partial charge in [0.05, 0.1) is 6.21 Å². The molecule has 2 aromatic rings. The van der Waals surface area contributed by atoms with Crippen LogP contribution in [0.1, 0.15) is 27.0 Å². The Balaban J connectivity index is 2.06. The minimum atomic E-state index is -0.313. The van der Waals surface area contributed by atoms with Crippen LogP contribution in [0.4, 0.5) is 0 Å². The Morgan fingerprint density at radius 3 is 2.30 bits per heavy atom. The average Bonchev–Trinajstić information content (AvgIpc) is 2.42. The summed E-state index contributed by atoms with van der Waals surface area (Å²) in [7, 11) is 0. The normalized spacial score (nSPS) is 10.7. The number of nitrogens with zero attached hydrogens (tertiary/aromatic N) is 1. The Labute approximate surface area is 117 Å². The zero-order chi connectivity index (χ0) is 14.5. The third kappa shape index (κ3) is 3.23. The van der Waals surface area contributed by atoms with Crippen molar-refractivity contribution in [2.75, 3.05) is 0 Å². The van der Waals surface area contributed by atoms with Crippen molar-refractivity contribution < 1.29 is 9.90 Å². The maximum Gasteiger partial charge on any atom is 0.271 e. The molecule has 4 nitrogen and oxygen atoms in total. The minimum absolute atomic E-state index is 0.126. The first-order valence-corrected chi connectivity index (χ1v) is 6.26. The van der Waals surface area contributed by atoms with Crippen molar-refractivity contribution in [2.24, 2.45) is 5.10 Å². The SMILES string of the molecule is Cc1cccc(C)c1/C=N\NC(=O)c1ccc(O)cc1. The number of amides is 1. The van der Waals surface area contributed by atoms with Crippen molar-refractivity contribution in [2.45, 2.75) is 13.8 Å². The molecule has 4 heteroatoms. The number of carbonyl (C=O) groups is 1. The Hall–Kier alpha value is -2.62. The van der Waals surface area contributed by atoms with Gasteiger partial charge in [-0.25, -0.2) is 5.43 Å². The van der Waals surface area contributed by atoms with E-state index in [4.69, 9.17) is 5.11 Å². The molecular formula is C16H16N2O2. The molecule has 1 amide bonds. The number of aryl methyl sites for hydroxylation is 2. The highest BCUT2D eigenvalue weighted by atomic mass is 16.3. The summed E-state index contributed by atoms with van der Waals surface area (Å²) < 4.78 is 0. The zero-order valence-corrected chi connectivity index (χ0v) is 11.4. The third-order valence-electron chi connectivity index (χ3n) is 3.03. The number of hydrogen-bond donors (Lipinski definition) is 2. The number of nitrogens with one attached hydrogen (secondary N) is 1. The molecule has 0 atom stereocenters. The second-order valence-electron chi connectivity index (χ2n) is 4.55. The van der Waals surface area contributed by atoms with Gasteiger partial charge >= 0.3 is 0 Å². The summed E-state index contributed by atoms with van der Waals surface area (Å²) in [5, 5.41) is 13.1. The van der Waals surface area contributed by atoms with Crippen molar-refractivity contribution >= 4 is 12.1 Å². The van der Waals surface area contributed by atoms with E-state index in [1.165, 1.54) is 12.1 Å². The van der Waals surface area contributed by atoms with Crippen molar-refractivity contribution in [3.05, 3.63) is 64.7 Å². The zero-order valence-electron chi connectivity index (χ0n) is 11.4. The molecule has 0 aliphatic carbocycles. The highest BCUT2D eigenvalue weighted by Crippen LogP contribution is 2.11. The van der Waals surface area contributed by atoms with E-state index in [-0.39, 0.29) is 11.7 Å². The Morgan fingerprint density at radius 1 is 1.10 bits per heavy atom. The van der Waals surface area contributed by atoms with E-state index in [0.29, 0.717) is 5.56 Å². The van der Waals surface area contributed by atoms with Crippen LogP contribution in [-0.4, -0.2) is 17.2 Å². The quantitative estimate of drug-likeness (QED) is 0.664. The van der Waals surface area contributed by atoms with Crippen LogP contribution in [-0.2, 0) is 0 Å². The predicted molar refractivity (Wildman–Crippen MR) is 79.1 cm³/mol. The van der Waals surface area contributed by atoms with Crippen molar-refractivity contribution in [3.8, 4) is 5.75 Å². The van der Waals surface area contributed by atoms with Crippen LogP contribution < -0.4 is 5.43 Å². The lowest BCUT2D eigenvalue weighted by atomic mass is 10.0. The van der Waals surface area contributed by atoms with Crippen LogP contribution in [0.5, 0.6) is 5.75 Å². The molecule has 0 heterocycles. The third-order valence-corrected chi connectivity index (χ3v) is 3.03. The van der Waals surface area contributed by atoms with Crippen LogP contribution in [0.2, 0.25) is 0 Å². The van der Waals surface area contributed by atoms with E-state index < -0.39 is 0 Å². The van der Waals surface area contributed by atoms with Gasteiger partial charge in [-0.1, -0.05) is 18.2 Å². The Kier molecular flexibility index (Phi) is 4.15. The van der Waals surface area contributed by atoms with Gasteiger partial charge in [-0.05, 0) is 49.2 Å². The van der Waals surface area contributed by atoms with Crippen molar-refractivity contribution in [1.29, 1.82) is 0 Å². The van der Waals surface area contributed by atoms with Gasteiger partial charge in [-0.15, -0.1) is 0 Å². The molecule has 0 fully saturated rings. The maximum atomic E-state index is 11.8. The highest BCUT2D eigenvalue weighted by Gasteiger charge is 2.04.